The first kappa shape index (κ1) is 15.6. The number of fused-ring (bicyclic) bond motifs is 3. The molecule has 1 saturated carbocycles. The molecule has 0 bridgehead atoms. The number of rotatable bonds is 3. The van der Waals surface area contributed by atoms with Gasteiger partial charge in [0.1, 0.15) is 0 Å². The molecule has 0 aliphatic heterocycles. The number of hydrogen-bond donors (Lipinski definition) is 0. The van der Waals surface area contributed by atoms with Gasteiger partial charge in [-0.15, -0.1) is 0 Å². The van der Waals surface area contributed by atoms with Crippen LogP contribution in [0.4, 0.5) is 0 Å². The zero-order valence-corrected chi connectivity index (χ0v) is 15.6. The summed E-state index contributed by atoms with van der Waals surface area (Å²) in [5.74, 6) is 1.64. The predicted octanol–water partition coefficient (Wildman–Crippen LogP) is 4.61. The first-order valence-corrected chi connectivity index (χ1v) is 10.0. The quantitative estimate of drug-likeness (QED) is 0.748. The van der Waals surface area contributed by atoms with Gasteiger partial charge in [-0.1, -0.05) is 36.4 Å². The highest BCUT2D eigenvalue weighted by molar-refractivity contribution is 7.53. The summed E-state index contributed by atoms with van der Waals surface area (Å²) in [6.07, 6.45) is 8.72. The molecule has 1 aromatic carbocycles. The third kappa shape index (κ3) is 2.61. The predicted molar refractivity (Wildman–Crippen MR) is 99.6 cm³/mol. The third-order valence-electron chi connectivity index (χ3n) is 5.51. The highest BCUT2D eigenvalue weighted by Gasteiger charge is 2.47. The summed E-state index contributed by atoms with van der Waals surface area (Å²) < 4.78 is 4.92. The van der Waals surface area contributed by atoms with E-state index in [4.69, 9.17) is 0 Å². The van der Waals surface area contributed by atoms with Gasteiger partial charge in [0.15, 0.2) is 0 Å². The molecule has 0 amide bonds. The second-order valence-electron chi connectivity index (χ2n) is 7.46. The van der Waals surface area contributed by atoms with Gasteiger partial charge in [-0.3, -0.25) is 9.34 Å². The minimum atomic E-state index is -0.369. The molecule has 0 radical (unpaired) electrons. The van der Waals surface area contributed by atoms with Gasteiger partial charge in [0.2, 0.25) is 0 Å². The highest BCUT2D eigenvalue weighted by Crippen LogP contribution is 2.66. The fourth-order valence-electron chi connectivity index (χ4n) is 4.50. The largest absolute Gasteiger partial charge is 0.275 e. The Bertz CT molecular complexity index is 666. The average molecular weight is 326 g/mol. The molecule has 122 valence electrons. The zero-order valence-electron chi connectivity index (χ0n) is 14.7. The van der Waals surface area contributed by atoms with Crippen molar-refractivity contribution in [2.24, 2.45) is 11.8 Å². The average Bonchev–Trinajstić information content (AvgIpc) is 3.29. The standard InChI is InChI=1S/C20H27N2P/c1-21(2)23(22(3)4)20-17-8-6-5-7-14(17)9-10-15-11-12-16-13-18(16)19(15)20/h5-8,11-12,16,18,20H,9-10,13H2,1-4H3. The van der Waals surface area contributed by atoms with Crippen LogP contribution in [-0.4, -0.2) is 37.5 Å². The van der Waals surface area contributed by atoms with Gasteiger partial charge >= 0.3 is 0 Å². The van der Waals surface area contributed by atoms with E-state index < -0.39 is 0 Å². The van der Waals surface area contributed by atoms with Crippen molar-refractivity contribution >= 4 is 8.22 Å². The molecule has 4 rings (SSSR count). The first-order chi connectivity index (χ1) is 11.1. The molecule has 1 fully saturated rings. The van der Waals surface area contributed by atoms with E-state index in [0.29, 0.717) is 5.66 Å². The fraction of sp³-hybridized carbons (Fsp3) is 0.500. The lowest BCUT2D eigenvalue weighted by Gasteiger charge is -2.39. The molecule has 3 unspecified atom stereocenters. The molecule has 23 heavy (non-hydrogen) atoms. The summed E-state index contributed by atoms with van der Waals surface area (Å²) >= 11 is 0. The van der Waals surface area contributed by atoms with Crippen LogP contribution < -0.4 is 0 Å². The van der Waals surface area contributed by atoms with Gasteiger partial charge in [-0.05, 0) is 81.6 Å². The molecule has 1 aromatic rings. The summed E-state index contributed by atoms with van der Waals surface area (Å²) in [6.45, 7) is 0. The molecule has 0 spiro atoms. The van der Waals surface area contributed by atoms with E-state index in [1.807, 2.05) is 0 Å². The van der Waals surface area contributed by atoms with Gasteiger partial charge in [0, 0.05) is 0 Å². The fourth-order valence-corrected chi connectivity index (χ4v) is 7.25. The van der Waals surface area contributed by atoms with E-state index in [2.05, 4.69) is 73.9 Å². The monoisotopic (exact) mass is 326 g/mol. The molecule has 0 heterocycles. The van der Waals surface area contributed by atoms with E-state index in [0.717, 1.165) is 11.8 Å². The molecule has 0 aromatic heterocycles. The second-order valence-corrected chi connectivity index (χ2v) is 10.2. The topological polar surface area (TPSA) is 6.48 Å². The van der Waals surface area contributed by atoms with Crippen LogP contribution in [0, 0.1) is 11.8 Å². The summed E-state index contributed by atoms with van der Waals surface area (Å²) in [6, 6.07) is 9.20. The molecule has 3 aliphatic carbocycles. The maximum atomic E-state index is 2.48. The van der Waals surface area contributed by atoms with Crippen molar-refractivity contribution < 1.29 is 0 Å². The Balaban J connectivity index is 1.90. The smallest absolute Gasteiger partial charge is 0.0532 e. The number of hydrogen-bond acceptors (Lipinski definition) is 2. The van der Waals surface area contributed by atoms with Crippen LogP contribution in [0.15, 0.2) is 47.6 Å². The number of allylic oxidation sites excluding steroid dienone is 4. The molecule has 3 aliphatic rings. The number of nitrogens with zero attached hydrogens (tertiary/aromatic N) is 2. The van der Waals surface area contributed by atoms with E-state index in [9.17, 15) is 0 Å². The van der Waals surface area contributed by atoms with E-state index in [1.165, 1.54) is 19.3 Å². The van der Waals surface area contributed by atoms with Crippen molar-refractivity contribution in [3.8, 4) is 0 Å². The minimum Gasteiger partial charge on any atom is -0.275 e. The lowest BCUT2D eigenvalue weighted by atomic mass is 9.92. The lowest BCUT2D eigenvalue weighted by Crippen LogP contribution is -2.24. The van der Waals surface area contributed by atoms with Gasteiger partial charge in [0.05, 0.1) is 13.9 Å². The Kier molecular flexibility index (Phi) is 3.96. The van der Waals surface area contributed by atoms with Crippen LogP contribution in [0.2, 0.25) is 0 Å². The Morgan fingerprint density at radius 3 is 2.48 bits per heavy atom. The van der Waals surface area contributed by atoms with Crippen molar-refractivity contribution in [1.29, 1.82) is 0 Å². The van der Waals surface area contributed by atoms with E-state index in [-0.39, 0.29) is 8.22 Å². The Hall–Kier alpha value is -0.950. The van der Waals surface area contributed by atoms with Crippen molar-refractivity contribution in [2.45, 2.75) is 24.9 Å². The van der Waals surface area contributed by atoms with Crippen LogP contribution in [-0.2, 0) is 6.42 Å². The van der Waals surface area contributed by atoms with Crippen LogP contribution in [0.1, 0.15) is 29.6 Å². The summed E-state index contributed by atoms with van der Waals surface area (Å²) in [5.41, 5.74) is 7.13. The SMILES string of the molecule is CN(C)P(C1C2=C(C=CC3CC23)CCc2ccccc21)N(C)C. The van der Waals surface area contributed by atoms with Crippen LogP contribution in [0.25, 0.3) is 0 Å². The Labute approximate surface area is 141 Å². The van der Waals surface area contributed by atoms with E-state index >= 15 is 0 Å². The summed E-state index contributed by atoms with van der Waals surface area (Å²) in [7, 11) is 8.64. The maximum Gasteiger partial charge on any atom is 0.0532 e. The van der Waals surface area contributed by atoms with Crippen molar-refractivity contribution in [3.05, 3.63) is 58.7 Å². The molecule has 0 saturated heterocycles. The van der Waals surface area contributed by atoms with Gasteiger partial charge in [-0.25, -0.2) is 0 Å². The summed E-state index contributed by atoms with van der Waals surface area (Å²) in [4.78, 5) is 0. The normalized spacial score (nSPS) is 28.7. The van der Waals surface area contributed by atoms with E-state index in [1.54, 1.807) is 22.3 Å². The first-order valence-electron chi connectivity index (χ1n) is 8.70. The molecular weight excluding hydrogens is 299 g/mol. The minimum absolute atomic E-state index is 0.369. The lowest BCUT2D eigenvalue weighted by molar-refractivity contribution is 0.559. The molecular formula is C20H27N2P. The Morgan fingerprint density at radius 2 is 1.74 bits per heavy atom. The van der Waals surface area contributed by atoms with Crippen molar-refractivity contribution in [3.63, 3.8) is 0 Å². The zero-order chi connectivity index (χ0) is 16.1. The number of aryl methyl sites for hydroxylation is 1. The van der Waals surface area contributed by atoms with Gasteiger partial charge in [-0.2, -0.15) is 0 Å². The van der Waals surface area contributed by atoms with Gasteiger partial charge in [0.25, 0.3) is 0 Å². The van der Waals surface area contributed by atoms with Crippen molar-refractivity contribution in [2.75, 3.05) is 28.2 Å². The van der Waals surface area contributed by atoms with Crippen LogP contribution in [0.5, 0.6) is 0 Å². The second kappa shape index (κ2) is 5.84. The molecule has 2 nitrogen and oxygen atoms in total. The summed E-state index contributed by atoms with van der Waals surface area (Å²) in [5, 5.41) is 0. The van der Waals surface area contributed by atoms with Crippen LogP contribution in [0.3, 0.4) is 0 Å². The van der Waals surface area contributed by atoms with Gasteiger partial charge < -0.3 is 0 Å². The maximum absolute atomic E-state index is 2.48. The highest BCUT2D eigenvalue weighted by atomic mass is 31.1. The molecule has 0 N–H and O–H groups in total. The Morgan fingerprint density at radius 1 is 1.00 bits per heavy atom. The third-order valence-corrected chi connectivity index (χ3v) is 8.17. The number of benzene rings is 1. The molecule has 3 heteroatoms. The van der Waals surface area contributed by atoms with Crippen LogP contribution >= 0.6 is 8.22 Å². The molecule has 3 atom stereocenters. The van der Waals surface area contributed by atoms with Crippen molar-refractivity contribution in [1.82, 2.24) is 9.34 Å².